The molecular weight excluding hydrogens is 550 g/mol. The molecule has 3 heteroatoms. The van der Waals surface area contributed by atoms with E-state index in [0.29, 0.717) is 12.2 Å². The fourth-order valence-electron chi connectivity index (χ4n) is 6.73. The first kappa shape index (κ1) is 40.0. The summed E-state index contributed by atoms with van der Waals surface area (Å²) in [5.74, 6) is -0.296. The molecule has 2 atom stereocenters. The predicted molar refractivity (Wildman–Crippen MR) is 198 cm³/mol. The van der Waals surface area contributed by atoms with Crippen LogP contribution in [-0.4, -0.2) is 43.0 Å². The number of hydrogen-bond donors (Lipinski definition) is 0. The quantitative estimate of drug-likeness (QED) is 0.0638. The maximum atomic E-state index is 6.77. The lowest BCUT2D eigenvalue weighted by molar-refractivity contribution is -0.200. The molecule has 1 spiro atoms. The fraction of sp³-hybridized carbons (Fsp3) is 0.810. The van der Waals surface area contributed by atoms with Gasteiger partial charge in [-0.15, -0.1) is 0 Å². The lowest BCUT2D eigenvalue weighted by Crippen LogP contribution is -2.44. The van der Waals surface area contributed by atoms with Crippen LogP contribution in [0.3, 0.4) is 0 Å². The lowest BCUT2D eigenvalue weighted by atomic mass is 9.99. The van der Waals surface area contributed by atoms with Crippen molar-refractivity contribution in [3.05, 3.63) is 48.6 Å². The van der Waals surface area contributed by atoms with Crippen molar-refractivity contribution < 1.29 is 9.47 Å². The number of unbranched alkanes of at least 4 members (excludes halogenated alkanes) is 16. The fourth-order valence-corrected chi connectivity index (χ4v) is 6.73. The third-order valence-corrected chi connectivity index (χ3v) is 9.77. The molecular formula is C42H75NO2. The van der Waals surface area contributed by atoms with Gasteiger partial charge in [-0.3, -0.25) is 0 Å². The molecule has 2 saturated heterocycles. The zero-order valence-corrected chi connectivity index (χ0v) is 30.3. The summed E-state index contributed by atoms with van der Waals surface area (Å²) in [5.41, 5.74) is 0. The van der Waals surface area contributed by atoms with Crippen LogP contribution in [0.4, 0.5) is 0 Å². The van der Waals surface area contributed by atoms with Gasteiger partial charge < -0.3 is 14.4 Å². The molecule has 0 amide bonds. The highest BCUT2D eigenvalue weighted by atomic mass is 16.8. The molecule has 260 valence electrons. The summed E-state index contributed by atoms with van der Waals surface area (Å²) in [7, 11) is 2.22. The summed E-state index contributed by atoms with van der Waals surface area (Å²) in [5, 5.41) is 0. The molecule has 2 heterocycles. The van der Waals surface area contributed by atoms with Crippen LogP contribution in [-0.2, 0) is 9.47 Å². The Hall–Kier alpha value is -1.16. The molecule has 2 aliphatic heterocycles. The third kappa shape index (κ3) is 20.6. The van der Waals surface area contributed by atoms with Crippen molar-refractivity contribution in [1.29, 1.82) is 0 Å². The predicted octanol–water partition coefficient (Wildman–Crippen LogP) is 12.8. The molecule has 0 saturated carbocycles. The Kier molecular flexibility index (Phi) is 24.8. The average molecular weight is 626 g/mol. The smallest absolute Gasteiger partial charge is 0.171 e. The van der Waals surface area contributed by atoms with Crippen LogP contribution >= 0.6 is 0 Å². The van der Waals surface area contributed by atoms with E-state index in [9.17, 15) is 0 Å². The van der Waals surface area contributed by atoms with Crippen LogP contribution in [0.25, 0.3) is 0 Å². The van der Waals surface area contributed by atoms with Gasteiger partial charge >= 0.3 is 0 Å². The van der Waals surface area contributed by atoms with E-state index in [0.717, 1.165) is 38.8 Å². The summed E-state index contributed by atoms with van der Waals surface area (Å²) in [6.07, 6.45) is 52.3. The molecule has 45 heavy (non-hydrogen) atoms. The van der Waals surface area contributed by atoms with Crippen LogP contribution in [0, 0.1) is 0 Å². The zero-order chi connectivity index (χ0) is 32.1. The summed E-state index contributed by atoms with van der Waals surface area (Å²) < 4.78 is 13.5. The van der Waals surface area contributed by atoms with Crippen molar-refractivity contribution in [2.75, 3.05) is 20.1 Å². The minimum absolute atomic E-state index is 0.296. The largest absolute Gasteiger partial charge is 0.344 e. The average Bonchev–Trinajstić information content (AvgIpc) is 3.39. The molecule has 2 rings (SSSR count). The van der Waals surface area contributed by atoms with Crippen molar-refractivity contribution in [3.8, 4) is 0 Å². The van der Waals surface area contributed by atoms with Crippen LogP contribution in [0.15, 0.2) is 48.6 Å². The first-order valence-electron chi connectivity index (χ1n) is 19.8. The van der Waals surface area contributed by atoms with Gasteiger partial charge in [0.15, 0.2) is 5.79 Å². The van der Waals surface area contributed by atoms with Crippen LogP contribution in [0.1, 0.15) is 181 Å². The van der Waals surface area contributed by atoms with Gasteiger partial charge in [0.05, 0.1) is 12.2 Å². The third-order valence-electron chi connectivity index (χ3n) is 9.77. The van der Waals surface area contributed by atoms with Crippen molar-refractivity contribution >= 4 is 0 Å². The minimum atomic E-state index is -0.296. The highest BCUT2D eigenvalue weighted by molar-refractivity contribution is 4.94. The van der Waals surface area contributed by atoms with Crippen molar-refractivity contribution in [2.24, 2.45) is 0 Å². The number of ether oxygens (including phenoxy) is 2. The van der Waals surface area contributed by atoms with Gasteiger partial charge in [0, 0.05) is 25.9 Å². The number of likely N-dealkylation sites (tertiary alicyclic amines) is 1. The maximum Gasteiger partial charge on any atom is 0.171 e. The maximum absolute atomic E-state index is 6.77. The topological polar surface area (TPSA) is 21.7 Å². The molecule has 0 aromatic heterocycles. The highest BCUT2D eigenvalue weighted by Crippen LogP contribution is 2.40. The van der Waals surface area contributed by atoms with E-state index < -0.39 is 0 Å². The summed E-state index contributed by atoms with van der Waals surface area (Å²) in [6.45, 7) is 6.72. The van der Waals surface area contributed by atoms with E-state index in [-0.39, 0.29) is 5.79 Å². The normalized spacial score (nSPS) is 20.8. The molecule has 0 N–H and O–H groups in total. The van der Waals surface area contributed by atoms with Crippen molar-refractivity contribution in [1.82, 2.24) is 4.90 Å². The van der Waals surface area contributed by atoms with E-state index in [1.807, 2.05) is 0 Å². The number of hydrogen-bond acceptors (Lipinski definition) is 3. The van der Waals surface area contributed by atoms with Gasteiger partial charge in [-0.05, 0) is 84.1 Å². The Labute approximate surface area is 281 Å². The van der Waals surface area contributed by atoms with Gasteiger partial charge in [0.1, 0.15) is 0 Å². The Bertz CT molecular complexity index is 720. The summed E-state index contributed by atoms with van der Waals surface area (Å²) >= 11 is 0. The Balaban J connectivity index is 1.54. The molecule has 0 bridgehead atoms. The van der Waals surface area contributed by atoms with Crippen LogP contribution in [0.2, 0.25) is 0 Å². The zero-order valence-electron chi connectivity index (χ0n) is 30.3. The number of piperidine rings is 1. The van der Waals surface area contributed by atoms with Gasteiger partial charge in [-0.1, -0.05) is 140 Å². The van der Waals surface area contributed by atoms with Crippen molar-refractivity contribution in [2.45, 2.75) is 199 Å². The summed E-state index contributed by atoms with van der Waals surface area (Å²) in [6, 6.07) is 0. The standard InChI is InChI=1S/C42H75NO2/c1-4-6-8-10-12-14-16-18-20-22-24-26-28-30-32-34-40-41(45-42(44-40)36-38-43(3)39-37-42)35-33-31-29-27-25-23-21-19-17-15-13-11-9-7-5-2/h12-15,18-21,40-41H,4-11,16-17,22-39H2,1-3H3/t40-,41-/m1/s1. The number of allylic oxidation sites excluding steroid dienone is 8. The second-order valence-corrected chi connectivity index (χ2v) is 14.1. The monoisotopic (exact) mass is 626 g/mol. The molecule has 0 aromatic carbocycles. The Morgan fingerprint density at radius 1 is 0.489 bits per heavy atom. The molecule has 2 aliphatic rings. The Morgan fingerprint density at radius 2 is 0.844 bits per heavy atom. The summed E-state index contributed by atoms with van der Waals surface area (Å²) in [4.78, 5) is 2.42. The molecule has 0 aromatic rings. The van der Waals surface area contributed by atoms with Crippen molar-refractivity contribution in [3.63, 3.8) is 0 Å². The molecule has 0 radical (unpaired) electrons. The van der Waals surface area contributed by atoms with Gasteiger partial charge in [0.25, 0.3) is 0 Å². The van der Waals surface area contributed by atoms with E-state index in [1.165, 1.54) is 141 Å². The van der Waals surface area contributed by atoms with Crippen LogP contribution < -0.4 is 0 Å². The second-order valence-electron chi connectivity index (χ2n) is 14.1. The molecule has 2 fully saturated rings. The van der Waals surface area contributed by atoms with Gasteiger partial charge in [0.2, 0.25) is 0 Å². The molecule has 0 unspecified atom stereocenters. The SMILES string of the molecule is CCCCCC=CCC=CCCCCCCC[C@H]1OC2(CCN(C)CC2)O[C@@H]1CCCCCCCC=CCC=CCCCCC. The van der Waals surface area contributed by atoms with E-state index in [1.54, 1.807) is 0 Å². The first-order chi connectivity index (χ1) is 22.2. The van der Waals surface area contributed by atoms with Gasteiger partial charge in [-0.2, -0.15) is 0 Å². The second kappa shape index (κ2) is 27.9. The van der Waals surface area contributed by atoms with Crippen LogP contribution in [0.5, 0.6) is 0 Å². The lowest BCUT2D eigenvalue weighted by Gasteiger charge is -2.36. The van der Waals surface area contributed by atoms with E-state index in [2.05, 4.69) is 74.4 Å². The first-order valence-corrected chi connectivity index (χ1v) is 19.8. The van der Waals surface area contributed by atoms with Gasteiger partial charge in [-0.25, -0.2) is 0 Å². The minimum Gasteiger partial charge on any atom is -0.344 e. The molecule has 0 aliphatic carbocycles. The Morgan fingerprint density at radius 3 is 1.24 bits per heavy atom. The number of rotatable bonds is 28. The molecule has 3 nitrogen and oxygen atoms in total. The highest BCUT2D eigenvalue weighted by Gasteiger charge is 2.47. The number of nitrogens with zero attached hydrogens (tertiary/aromatic N) is 1. The van der Waals surface area contributed by atoms with E-state index in [4.69, 9.17) is 9.47 Å². The van der Waals surface area contributed by atoms with E-state index >= 15 is 0 Å².